The first-order valence-corrected chi connectivity index (χ1v) is 9.38. The second-order valence-electron chi connectivity index (χ2n) is 7.41. The summed E-state index contributed by atoms with van der Waals surface area (Å²) < 4.78 is 4.78. The molecule has 2 fully saturated rings. The molecule has 1 saturated heterocycles. The number of hydrogen-bond acceptors (Lipinski definition) is 6. The third-order valence-electron chi connectivity index (χ3n) is 4.84. The molecule has 0 radical (unpaired) electrons. The molecule has 0 unspecified atom stereocenters. The van der Waals surface area contributed by atoms with Gasteiger partial charge in [-0.15, -0.1) is 0 Å². The molecule has 27 heavy (non-hydrogen) atoms. The summed E-state index contributed by atoms with van der Waals surface area (Å²) in [7, 11) is 0. The van der Waals surface area contributed by atoms with Crippen LogP contribution in [0.4, 0.5) is 4.79 Å². The minimum atomic E-state index is -0.856. The summed E-state index contributed by atoms with van der Waals surface area (Å²) in [6, 6.07) is -0.661. The highest BCUT2D eigenvalue weighted by molar-refractivity contribution is 6.07. The molecule has 2 N–H and O–H groups in total. The largest absolute Gasteiger partial charge is 0.454 e. The quantitative estimate of drug-likeness (QED) is 0.491. The zero-order valence-electron chi connectivity index (χ0n) is 15.8. The Morgan fingerprint density at radius 1 is 1.11 bits per heavy atom. The van der Waals surface area contributed by atoms with E-state index in [4.69, 9.17) is 4.74 Å². The second-order valence-corrected chi connectivity index (χ2v) is 7.41. The van der Waals surface area contributed by atoms with Gasteiger partial charge in [-0.05, 0) is 25.2 Å². The Labute approximate surface area is 158 Å². The maximum atomic E-state index is 12.3. The summed E-state index contributed by atoms with van der Waals surface area (Å²) in [4.78, 5) is 60.5. The lowest BCUT2D eigenvalue weighted by atomic mass is 9.81. The Morgan fingerprint density at radius 2 is 1.70 bits per heavy atom. The summed E-state index contributed by atoms with van der Waals surface area (Å²) in [5.74, 6) is -2.56. The SMILES string of the molecule is CC(C)CCNC(=O)NC(=O)COC(=O)CN1C(=O)[C@H]2CCCC[C@@H]2C1=O. The van der Waals surface area contributed by atoms with Crippen LogP contribution in [0, 0.1) is 17.8 Å². The maximum absolute atomic E-state index is 12.3. The van der Waals surface area contributed by atoms with Crippen LogP contribution in [0.15, 0.2) is 0 Å². The highest BCUT2D eigenvalue weighted by Gasteiger charge is 2.48. The molecule has 5 amide bonds. The van der Waals surface area contributed by atoms with E-state index in [0.29, 0.717) is 25.3 Å². The molecule has 0 aromatic rings. The fourth-order valence-corrected chi connectivity index (χ4v) is 3.39. The van der Waals surface area contributed by atoms with Gasteiger partial charge in [-0.3, -0.25) is 29.4 Å². The number of ether oxygens (including phenoxy) is 1. The second kappa shape index (κ2) is 9.48. The van der Waals surface area contributed by atoms with Crippen molar-refractivity contribution in [1.29, 1.82) is 0 Å². The molecule has 9 nitrogen and oxygen atoms in total. The summed E-state index contributed by atoms with van der Waals surface area (Å²) in [5.41, 5.74) is 0. The monoisotopic (exact) mass is 381 g/mol. The molecule has 9 heteroatoms. The number of carbonyl (C=O) groups is 5. The van der Waals surface area contributed by atoms with Crippen LogP contribution >= 0.6 is 0 Å². The van der Waals surface area contributed by atoms with Gasteiger partial charge in [-0.2, -0.15) is 0 Å². The molecule has 2 rings (SSSR count). The van der Waals surface area contributed by atoms with Crippen molar-refractivity contribution in [3.63, 3.8) is 0 Å². The summed E-state index contributed by atoms with van der Waals surface area (Å²) in [6.45, 7) is 3.29. The van der Waals surface area contributed by atoms with Gasteiger partial charge in [-0.1, -0.05) is 26.7 Å². The average molecular weight is 381 g/mol. The molecule has 1 saturated carbocycles. The lowest BCUT2D eigenvalue weighted by Gasteiger charge is -2.19. The summed E-state index contributed by atoms with van der Waals surface area (Å²) in [6.07, 6.45) is 3.90. The predicted molar refractivity (Wildman–Crippen MR) is 94.1 cm³/mol. The van der Waals surface area contributed by atoms with E-state index in [0.717, 1.165) is 24.2 Å². The van der Waals surface area contributed by atoms with Gasteiger partial charge in [-0.25, -0.2) is 4.79 Å². The minimum absolute atomic E-state index is 0.336. The average Bonchev–Trinajstić information content (AvgIpc) is 2.85. The Balaban J connectivity index is 1.71. The Hall–Kier alpha value is -2.45. The first-order chi connectivity index (χ1) is 12.8. The lowest BCUT2D eigenvalue weighted by molar-refractivity contribution is -0.154. The van der Waals surface area contributed by atoms with Gasteiger partial charge in [0.15, 0.2) is 6.61 Å². The number of imide groups is 2. The van der Waals surface area contributed by atoms with Crippen molar-refractivity contribution in [3.8, 4) is 0 Å². The molecule has 0 aromatic carbocycles. The van der Waals surface area contributed by atoms with Gasteiger partial charge >= 0.3 is 12.0 Å². The van der Waals surface area contributed by atoms with E-state index in [1.165, 1.54) is 0 Å². The highest BCUT2D eigenvalue weighted by Crippen LogP contribution is 2.37. The highest BCUT2D eigenvalue weighted by atomic mass is 16.5. The van der Waals surface area contributed by atoms with Crippen molar-refractivity contribution < 1.29 is 28.7 Å². The van der Waals surface area contributed by atoms with Crippen LogP contribution in [0.1, 0.15) is 46.0 Å². The third kappa shape index (κ3) is 5.77. The van der Waals surface area contributed by atoms with Crippen molar-refractivity contribution in [2.24, 2.45) is 17.8 Å². The van der Waals surface area contributed by atoms with E-state index < -0.39 is 31.1 Å². The van der Waals surface area contributed by atoms with Gasteiger partial charge < -0.3 is 10.1 Å². The molecule has 150 valence electrons. The Kier molecular flexibility index (Phi) is 7.32. The zero-order valence-corrected chi connectivity index (χ0v) is 15.8. The topological polar surface area (TPSA) is 122 Å². The molecule has 1 aliphatic heterocycles. The standard InChI is InChI=1S/C18H27N3O6/c1-11(2)7-8-19-18(26)20-14(22)10-27-15(23)9-21-16(24)12-5-3-4-6-13(12)17(21)25/h11-13H,3-10H2,1-2H3,(H2,19,20,22,26)/t12-,13-/m0/s1. The maximum Gasteiger partial charge on any atom is 0.326 e. The van der Waals surface area contributed by atoms with Crippen LogP contribution in [-0.2, 0) is 23.9 Å². The van der Waals surface area contributed by atoms with Crippen LogP contribution in [0.3, 0.4) is 0 Å². The van der Waals surface area contributed by atoms with Gasteiger partial charge in [0, 0.05) is 6.54 Å². The lowest BCUT2D eigenvalue weighted by Crippen LogP contribution is -2.42. The zero-order chi connectivity index (χ0) is 20.0. The van der Waals surface area contributed by atoms with Gasteiger partial charge in [0.25, 0.3) is 5.91 Å². The number of nitrogens with zero attached hydrogens (tertiary/aromatic N) is 1. The number of amides is 5. The van der Waals surface area contributed by atoms with Crippen LogP contribution in [0.25, 0.3) is 0 Å². The third-order valence-corrected chi connectivity index (χ3v) is 4.84. The molecule has 2 aliphatic rings. The molecular formula is C18H27N3O6. The number of esters is 1. The van der Waals surface area contributed by atoms with E-state index in [9.17, 15) is 24.0 Å². The number of urea groups is 1. The van der Waals surface area contributed by atoms with Gasteiger partial charge in [0.2, 0.25) is 11.8 Å². The first-order valence-electron chi connectivity index (χ1n) is 9.38. The predicted octanol–water partition coefficient (Wildman–Crippen LogP) is 0.577. The summed E-state index contributed by atoms with van der Waals surface area (Å²) in [5, 5.41) is 4.57. The van der Waals surface area contributed by atoms with Crippen molar-refractivity contribution in [2.75, 3.05) is 19.7 Å². The van der Waals surface area contributed by atoms with Crippen molar-refractivity contribution in [2.45, 2.75) is 46.0 Å². The first kappa shape index (κ1) is 20.9. The molecule has 0 aromatic heterocycles. The number of likely N-dealkylation sites (tertiary alicyclic amines) is 1. The van der Waals surface area contributed by atoms with E-state index in [1.54, 1.807) is 0 Å². The number of hydrogen-bond donors (Lipinski definition) is 2. The van der Waals surface area contributed by atoms with Crippen LogP contribution < -0.4 is 10.6 Å². The molecule has 2 atom stereocenters. The Morgan fingerprint density at radius 3 is 2.26 bits per heavy atom. The van der Waals surface area contributed by atoms with Gasteiger partial charge in [0.1, 0.15) is 6.54 Å². The normalized spacial score (nSPS) is 21.8. The molecule has 0 bridgehead atoms. The summed E-state index contributed by atoms with van der Waals surface area (Å²) >= 11 is 0. The van der Waals surface area contributed by atoms with Crippen LogP contribution in [0.2, 0.25) is 0 Å². The molecule has 1 heterocycles. The van der Waals surface area contributed by atoms with Crippen molar-refractivity contribution >= 4 is 29.7 Å². The Bertz CT molecular complexity index is 594. The molecular weight excluding hydrogens is 354 g/mol. The van der Waals surface area contributed by atoms with E-state index in [2.05, 4.69) is 5.32 Å². The van der Waals surface area contributed by atoms with E-state index in [-0.39, 0.29) is 23.7 Å². The number of nitrogens with one attached hydrogen (secondary N) is 2. The van der Waals surface area contributed by atoms with Crippen LogP contribution in [-0.4, -0.2) is 54.3 Å². The minimum Gasteiger partial charge on any atom is -0.454 e. The molecule has 1 aliphatic carbocycles. The molecule has 0 spiro atoms. The smallest absolute Gasteiger partial charge is 0.326 e. The van der Waals surface area contributed by atoms with Crippen molar-refractivity contribution in [3.05, 3.63) is 0 Å². The number of carbonyl (C=O) groups excluding carboxylic acids is 5. The fourth-order valence-electron chi connectivity index (χ4n) is 3.39. The number of fused-ring (bicyclic) bond motifs is 1. The van der Waals surface area contributed by atoms with Gasteiger partial charge in [0.05, 0.1) is 11.8 Å². The van der Waals surface area contributed by atoms with Crippen molar-refractivity contribution in [1.82, 2.24) is 15.5 Å². The fraction of sp³-hybridized carbons (Fsp3) is 0.722. The van der Waals surface area contributed by atoms with E-state index in [1.807, 2.05) is 19.2 Å². The number of rotatable bonds is 7. The van der Waals surface area contributed by atoms with E-state index >= 15 is 0 Å². The van der Waals surface area contributed by atoms with Crippen LogP contribution in [0.5, 0.6) is 0 Å².